The van der Waals surface area contributed by atoms with Crippen LogP contribution in [0.5, 0.6) is 0 Å². The van der Waals surface area contributed by atoms with Crippen LogP contribution in [0.1, 0.15) is 27.5 Å². The normalized spacial score (nSPS) is 14.9. The molecule has 4 N–H and O–H groups in total. The average Bonchev–Trinajstić information content (AvgIpc) is 2.86. The van der Waals surface area contributed by atoms with Crippen molar-refractivity contribution in [2.24, 2.45) is 5.73 Å². The van der Waals surface area contributed by atoms with E-state index in [0.29, 0.717) is 23.1 Å². The van der Waals surface area contributed by atoms with Gasteiger partial charge in [-0.15, -0.1) is 0 Å². The van der Waals surface area contributed by atoms with Gasteiger partial charge in [-0.1, -0.05) is 47.5 Å². The quantitative estimate of drug-likeness (QED) is 0.324. The van der Waals surface area contributed by atoms with E-state index in [4.69, 9.17) is 28.9 Å². The maximum Gasteiger partial charge on any atom is 0.252 e. The number of sulfonamides is 1. The first kappa shape index (κ1) is 29.8. The molecule has 212 valence electrons. The van der Waals surface area contributed by atoms with Crippen LogP contribution in [-0.2, 0) is 14.8 Å². The van der Waals surface area contributed by atoms with Crippen molar-refractivity contribution in [3.8, 4) is 0 Å². The number of halogens is 3. The summed E-state index contributed by atoms with van der Waals surface area (Å²) in [6, 6.07) is 15.6. The molecule has 1 atom stereocenters. The fourth-order valence-electron chi connectivity index (χ4n) is 4.71. The van der Waals surface area contributed by atoms with E-state index >= 15 is 0 Å². The van der Waals surface area contributed by atoms with E-state index in [1.54, 1.807) is 24.3 Å². The largest absolute Gasteiger partial charge is 0.394 e. The zero-order valence-corrected chi connectivity index (χ0v) is 23.6. The fourth-order valence-corrected chi connectivity index (χ4v) is 6.12. The summed E-state index contributed by atoms with van der Waals surface area (Å²) in [6.07, 6.45) is 1.01. The second-order valence-electron chi connectivity index (χ2n) is 9.48. The monoisotopic (exact) mass is 608 g/mol. The Labute approximate surface area is 241 Å². The highest BCUT2D eigenvalue weighted by Crippen LogP contribution is 2.37. The van der Waals surface area contributed by atoms with Crippen molar-refractivity contribution in [2.45, 2.75) is 18.1 Å². The first-order valence-electron chi connectivity index (χ1n) is 12.1. The molecule has 9 nitrogen and oxygen atoms in total. The van der Waals surface area contributed by atoms with Crippen LogP contribution in [0, 0.1) is 5.82 Å². The van der Waals surface area contributed by atoms with Crippen LogP contribution in [0.3, 0.4) is 0 Å². The van der Waals surface area contributed by atoms with Crippen LogP contribution in [0.15, 0.2) is 66.7 Å². The summed E-state index contributed by atoms with van der Waals surface area (Å²) in [7, 11) is -3.91. The number of hydrogen-bond acceptors (Lipinski definition) is 6. The number of amides is 2. The summed E-state index contributed by atoms with van der Waals surface area (Å²) < 4.78 is 41.6. The highest BCUT2D eigenvalue weighted by atomic mass is 35.5. The standard InChI is InChI=1S/C27H27Cl2FN4O5S/c1-40(38,39)34(22-11-18(10-21(30)12-22)27(37)32-24(15-35)26(31)36)23-13-33(14-23)25(16-2-6-19(28)7-3-16)17-4-8-20(29)9-5-17/h2-12,23-25,35H,13-15H2,1H3,(H2,31,36)(H,32,37)/t24-/m0/s1. The van der Waals surface area contributed by atoms with Crippen LogP contribution in [0.25, 0.3) is 0 Å². The molecule has 0 unspecified atom stereocenters. The SMILES string of the molecule is CS(=O)(=O)N(c1cc(F)cc(C(=O)N[C@@H](CO)C(N)=O)c1)C1CN(C(c2ccc(Cl)cc2)c2ccc(Cl)cc2)C1. The zero-order valence-electron chi connectivity index (χ0n) is 21.3. The van der Waals surface area contributed by atoms with Crippen molar-refractivity contribution < 1.29 is 27.5 Å². The number of aliphatic hydroxyl groups excluding tert-OH is 1. The Morgan fingerprint density at radius 2 is 1.57 bits per heavy atom. The van der Waals surface area contributed by atoms with E-state index in [2.05, 4.69) is 10.2 Å². The maximum absolute atomic E-state index is 14.6. The third-order valence-electron chi connectivity index (χ3n) is 6.55. The third kappa shape index (κ3) is 6.73. The molecule has 2 amide bonds. The molecular formula is C27H27Cl2FN4O5S. The molecule has 3 aromatic rings. The molecule has 1 aliphatic rings. The average molecular weight is 610 g/mol. The summed E-state index contributed by atoms with van der Waals surface area (Å²) in [4.78, 5) is 26.1. The molecular weight excluding hydrogens is 582 g/mol. The molecule has 1 heterocycles. The van der Waals surface area contributed by atoms with Gasteiger partial charge >= 0.3 is 0 Å². The third-order valence-corrected chi connectivity index (χ3v) is 8.27. The molecule has 0 aliphatic carbocycles. The molecule has 1 fully saturated rings. The van der Waals surface area contributed by atoms with E-state index in [1.807, 2.05) is 24.3 Å². The zero-order chi connectivity index (χ0) is 29.2. The lowest BCUT2D eigenvalue weighted by Crippen LogP contribution is -2.61. The van der Waals surface area contributed by atoms with Gasteiger partial charge in [0.25, 0.3) is 5.91 Å². The van der Waals surface area contributed by atoms with Gasteiger partial charge in [0, 0.05) is 28.7 Å². The fraction of sp³-hybridized carbons (Fsp3) is 0.259. The molecule has 1 saturated heterocycles. The van der Waals surface area contributed by atoms with E-state index < -0.39 is 46.3 Å². The van der Waals surface area contributed by atoms with Crippen LogP contribution < -0.4 is 15.4 Å². The number of carbonyl (C=O) groups is 2. The maximum atomic E-state index is 14.6. The summed E-state index contributed by atoms with van der Waals surface area (Å²) >= 11 is 12.2. The van der Waals surface area contributed by atoms with Crippen LogP contribution >= 0.6 is 23.2 Å². The van der Waals surface area contributed by atoms with Gasteiger partial charge in [-0.2, -0.15) is 0 Å². The van der Waals surface area contributed by atoms with Gasteiger partial charge in [0.2, 0.25) is 15.9 Å². The molecule has 40 heavy (non-hydrogen) atoms. The molecule has 0 radical (unpaired) electrons. The van der Waals surface area contributed by atoms with Crippen molar-refractivity contribution >= 4 is 50.7 Å². The van der Waals surface area contributed by atoms with Gasteiger partial charge in [-0.3, -0.25) is 18.8 Å². The number of rotatable bonds is 10. The Morgan fingerprint density at radius 3 is 2.02 bits per heavy atom. The Hall–Kier alpha value is -3.22. The topological polar surface area (TPSA) is 133 Å². The van der Waals surface area contributed by atoms with E-state index in [-0.39, 0.29) is 17.3 Å². The molecule has 4 rings (SSSR count). The minimum atomic E-state index is -3.91. The predicted molar refractivity (Wildman–Crippen MR) is 151 cm³/mol. The second kappa shape index (κ2) is 12.1. The highest BCUT2D eigenvalue weighted by molar-refractivity contribution is 7.92. The number of aliphatic hydroxyl groups is 1. The number of nitrogens with zero attached hydrogens (tertiary/aromatic N) is 2. The first-order valence-corrected chi connectivity index (χ1v) is 14.7. The van der Waals surface area contributed by atoms with Crippen LogP contribution in [0.2, 0.25) is 10.0 Å². The Bertz CT molecular complexity index is 1450. The molecule has 0 bridgehead atoms. The van der Waals surface area contributed by atoms with Crippen molar-refractivity contribution in [1.82, 2.24) is 10.2 Å². The van der Waals surface area contributed by atoms with Crippen molar-refractivity contribution in [3.63, 3.8) is 0 Å². The van der Waals surface area contributed by atoms with Crippen molar-refractivity contribution in [3.05, 3.63) is 99.3 Å². The molecule has 0 saturated carbocycles. The minimum absolute atomic E-state index is 0.0496. The van der Waals surface area contributed by atoms with Crippen LogP contribution in [-0.4, -0.2) is 68.3 Å². The van der Waals surface area contributed by atoms with Crippen molar-refractivity contribution in [1.29, 1.82) is 0 Å². The van der Waals surface area contributed by atoms with Crippen molar-refractivity contribution in [2.75, 3.05) is 30.3 Å². The molecule has 0 spiro atoms. The smallest absolute Gasteiger partial charge is 0.252 e. The number of benzene rings is 3. The number of nitrogens with two attached hydrogens (primary N) is 1. The number of anilines is 1. The van der Waals surface area contributed by atoms with E-state index in [1.165, 1.54) is 6.07 Å². The van der Waals surface area contributed by atoms with Gasteiger partial charge in [-0.25, -0.2) is 12.8 Å². The van der Waals surface area contributed by atoms with E-state index in [0.717, 1.165) is 33.8 Å². The highest BCUT2D eigenvalue weighted by Gasteiger charge is 2.41. The Morgan fingerprint density at radius 1 is 1.05 bits per heavy atom. The lowest BCUT2D eigenvalue weighted by Gasteiger charge is -2.48. The minimum Gasteiger partial charge on any atom is -0.394 e. The summed E-state index contributed by atoms with van der Waals surface area (Å²) in [5.41, 5.74) is 6.74. The Kier molecular flexibility index (Phi) is 9.01. The van der Waals surface area contributed by atoms with Gasteiger partial charge in [0.05, 0.1) is 30.6 Å². The summed E-state index contributed by atoms with van der Waals surface area (Å²) in [6.45, 7) is -0.149. The predicted octanol–water partition coefficient (Wildman–Crippen LogP) is 2.95. The first-order chi connectivity index (χ1) is 18.9. The summed E-state index contributed by atoms with van der Waals surface area (Å²) in [5.74, 6) is -2.73. The van der Waals surface area contributed by atoms with Crippen LogP contribution in [0.4, 0.5) is 10.1 Å². The molecule has 0 aromatic heterocycles. The number of primary amides is 1. The molecule has 13 heteroatoms. The lowest BCUT2D eigenvalue weighted by molar-refractivity contribution is -0.120. The summed E-state index contributed by atoms with van der Waals surface area (Å²) in [5, 5.41) is 12.6. The lowest BCUT2D eigenvalue weighted by atomic mass is 9.93. The van der Waals surface area contributed by atoms with Gasteiger partial charge in [0.15, 0.2) is 0 Å². The Balaban J connectivity index is 1.63. The second-order valence-corrected chi connectivity index (χ2v) is 12.2. The number of carbonyl (C=O) groups excluding carboxylic acids is 2. The van der Waals surface area contributed by atoms with Gasteiger partial charge < -0.3 is 16.2 Å². The molecule has 3 aromatic carbocycles. The number of hydrogen-bond donors (Lipinski definition) is 3. The number of likely N-dealkylation sites (tertiary alicyclic amines) is 1. The van der Waals surface area contributed by atoms with Gasteiger partial charge in [-0.05, 0) is 53.6 Å². The van der Waals surface area contributed by atoms with E-state index in [9.17, 15) is 27.5 Å². The number of nitrogens with one attached hydrogen (secondary N) is 1. The molecule has 1 aliphatic heterocycles. The van der Waals surface area contributed by atoms with Gasteiger partial charge in [0.1, 0.15) is 11.9 Å².